The number of benzene rings is 1. The molecule has 1 atom stereocenters. The maximum absolute atomic E-state index is 12.1. The number of fused-ring (bicyclic) bond motifs is 1. The average Bonchev–Trinajstić information content (AvgIpc) is 2.84. The predicted octanol–water partition coefficient (Wildman–Crippen LogP) is 3.04. The van der Waals surface area contributed by atoms with Gasteiger partial charge in [-0.25, -0.2) is 0 Å². The number of H-pyrrole nitrogens is 1. The SMILES string of the molecule is O=C(NC1C[CH-]CCC1)c1cc2ccccc2[nH]1.[Y]. The topological polar surface area (TPSA) is 44.9 Å². The number of carbonyl (C=O) groups is 1. The second kappa shape index (κ2) is 6.67. The number of aromatic nitrogens is 1. The Bertz CT molecular complexity index is 525. The molecule has 19 heavy (non-hydrogen) atoms. The molecular weight excluding hydrogens is 313 g/mol. The quantitative estimate of drug-likeness (QED) is 0.817. The van der Waals surface area contributed by atoms with Gasteiger partial charge in [0.2, 0.25) is 0 Å². The summed E-state index contributed by atoms with van der Waals surface area (Å²) in [4.78, 5) is 15.3. The van der Waals surface area contributed by atoms with E-state index in [1.165, 1.54) is 12.8 Å². The molecular formula is C15H17N2OY-. The second-order valence-electron chi connectivity index (χ2n) is 4.90. The number of rotatable bonds is 2. The minimum atomic E-state index is 0. The first-order valence-corrected chi connectivity index (χ1v) is 6.53. The van der Waals surface area contributed by atoms with E-state index < -0.39 is 0 Å². The van der Waals surface area contributed by atoms with Crippen molar-refractivity contribution in [3.63, 3.8) is 0 Å². The molecule has 2 N–H and O–H groups in total. The molecule has 2 aromatic rings. The van der Waals surface area contributed by atoms with Crippen molar-refractivity contribution >= 4 is 16.8 Å². The van der Waals surface area contributed by atoms with E-state index >= 15 is 0 Å². The fourth-order valence-electron chi connectivity index (χ4n) is 2.54. The van der Waals surface area contributed by atoms with Crippen LogP contribution < -0.4 is 5.32 Å². The van der Waals surface area contributed by atoms with Gasteiger partial charge < -0.3 is 16.7 Å². The Morgan fingerprint density at radius 2 is 2.21 bits per heavy atom. The Hall–Kier alpha value is -0.666. The van der Waals surface area contributed by atoms with Crippen molar-refractivity contribution in [2.24, 2.45) is 0 Å². The van der Waals surface area contributed by atoms with Crippen molar-refractivity contribution in [2.45, 2.75) is 31.7 Å². The fraction of sp³-hybridized carbons (Fsp3) is 0.333. The molecule has 1 aliphatic carbocycles. The van der Waals surface area contributed by atoms with Crippen molar-refractivity contribution in [1.29, 1.82) is 0 Å². The number of hydrogen-bond donors (Lipinski definition) is 2. The first-order valence-electron chi connectivity index (χ1n) is 6.53. The standard InChI is InChI=1S/C15H17N2O.Y/c18-15(16-12-7-2-1-3-8-12)14-10-11-6-4-5-9-13(11)17-14;/h2,4-6,9-10,12,17H,1,3,7-8H2,(H,16,18);/q-1;. The van der Waals surface area contributed by atoms with Crippen LogP contribution in [0.5, 0.6) is 0 Å². The molecule has 1 unspecified atom stereocenters. The molecule has 0 aliphatic heterocycles. The Labute approximate surface area is 138 Å². The molecule has 97 valence electrons. The van der Waals surface area contributed by atoms with Crippen LogP contribution in [0.1, 0.15) is 36.2 Å². The normalized spacial score (nSPS) is 18.8. The van der Waals surface area contributed by atoms with Crippen LogP contribution in [0.2, 0.25) is 0 Å². The van der Waals surface area contributed by atoms with E-state index in [2.05, 4.69) is 16.7 Å². The van der Waals surface area contributed by atoms with Gasteiger partial charge in [0, 0.05) is 49.7 Å². The zero-order chi connectivity index (χ0) is 12.4. The summed E-state index contributed by atoms with van der Waals surface area (Å²) in [5.74, 6) is 0.00602. The molecule has 1 amide bonds. The minimum absolute atomic E-state index is 0. The number of nitrogens with one attached hydrogen (secondary N) is 2. The van der Waals surface area contributed by atoms with Crippen molar-refractivity contribution in [3.8, 4) is 0 Å². The third-order valence-electron chi connectivity index (χ3n) is 3.52. The first kappa shape index (κ1) is 14.7. The smallest absolute Gasteiger partial charge is 0.267 e. The molecule has 1 aromatic heterocycles. The fourth-order valence-corrected chi connectivity index (χ4v) is 2.54. The van der Waals surface area contributed by atoms with Crippen molar-refractivity contribution in [2.75, 3.05) is 0 Å². The van der Waals surface area contributed by atoms with Gasteiger partial charge in [-0.05, 0) is 18.6 Å². The third-order valence-corrected chi connectivity index (χ3v) is 3.52. The van der Waals surface area contributed by atoms with Gasteiger partial charge in [-0.15, -0.1) is 0 Å². The van der Waals surface area contributed by atoms with Gasteiger partial charge in [0.05, 0.1) is 0 Å². The molecule has 1 aromatic carbocycles. The van der Waals surface area contributed by atoms with Gasteiger partial charge in [-0.3, -0.25) is 4.79 Å². The Kier molecular flexibility index (Phi) is 5.17. The second-order valence-corrected chi connectivity index (χ2v) is 4.90. The van der Waals surface area contributed by atoms with Crippen LogP contribution in [0.15, 0.2) is 30.3 Å². The number of amides is 1. The van der Waals surface area contributed by atoms with Crippen molar-refractivity contribution in [1.82, 2.24) is 10.3 Å². The van der Waals surface area contributed by atoms with E-state index in [1.807, 2.05) is 30.3 Å². The molecule has 1 aliphatic rings. The average molecular weight is 330 g/mol. The summed E-state index contributed by atoms with van der Waals surface area (Å²) in [6.07, 6.45) is 6.70. The number of hydrogen-bond acceptors (Lipinski definition) is 1. The summed E-state index contributed by atoms with van der Waals surface area (Å²) >= 11 is 0. The van der Waals surface area contributed by atoms with Gasteiger partial charge in [0.1, 0.15) is 5.69 Å². The summed E-state index contributed by atoms with van der Waals surface area (Å²) in [7, 11) is 0. The molecule has 1 saturated carbocycles. The van der Waals surface area contributed by atoms with Gasteiger partial charge in [0.15, 0.2) is 0 Å². The largest absolute Gasteiger partial charge is 0.351 e. The predicted molar refractivity (Wildman–Crippen MR) is 72.3 cm³/mol. The van der Waals surface area contributed by atoms with Crippen LogP contribution in [0.4, 0.5) is 0 Å². The maximum Gasteiger partial charge on any atom is 0.267 e. The summed E-state index contributed by atoms with van der Waals surface area (Å²) in [6, 6.07) is 10.2. The van der Waals surface area contributed by atoms with Gasteiger partial charge >= 0.3 is 0 Å². The number of carbonyl (C=O) groups excluding carboxylic acids is 1. The van der Waals surface area contributed by atoms with Gasteiger partial charge in [-0.1, -0.05) is 24.6 Å². The number of para-hydroxylation sites is 1. The molecule has 0 saturated heterocycles. The molecule has 0 spiro atoms. The Morgan fingerprint density at radius 3 is 2.95 bits per heavy atom. The van der Waals surface area contributed by atoms with Crippen molar-refractivity contribution < 1.29 is 37.5 Å². The van der Waals surface area contributed by atoms with E-state index in [0.717, 1.165) is 23.7 Å². The van der Waals surface area contributed by atoms with E-state index in [0.29, 0.717) is 11.7 Å². The summed E-state index contributed by atoms with van der Waals surface area (Å²) < 4.78 is 0. The van der Waals surface area contributed by atoms with Crippen LogP contribution in [0, 0.1) is 6.42 Å². The summed E-state index contributed by atoms with van der Waals surface area (Å²) in [5.41, 5.74) is 1.67. The molecule has 4 heteroatoms. The molecule has 3 rings (SSSR count). The molecule has 1 radical (unpaired) electrons. The molecule has 1 heterocycles. The molecule has 0 bridgehead atoms. The van der Waals surface area contributed by atoms with E-state index in [1.54, 1.807) is 0 Å². The van der Waals surface area contributed by atoms with Crippen LogP contribution >= 0.6 is 0 Å². The first-order chi connectivity index (χ1) is 8.83. The van der Waals surface area contributed by atoms with Gasteiger partial charge in [0.25, 0.3) is 5.91 Å². The minimum Gasteiger partial charge on any atom is -0.351 e. The zero-order valence-corrected chi connectivity index (χ0v) is 13.7. The van der Waals surface area contributed by atoms with Crippen molar-refractivity contribution in [3.05, 3.63) is 42.4 Å². The summed E-state index contributed by atoms with van der Waals surface area (Å²) in [6.45, 7) is 0. The summed E-state index contributed by atoms with van der Waals surface area (Å²) in [5, 5.41) is 4.18. The molecule has 1 fully saturated rings. The van der Waals surface area contributed by atoms with Crippen LogP contribution in [-0.4, -0.2) is 16.9 Å². The van der Waals surface area contributed by atoms with E-state index in [4.69, 9.17) is 0 Å². The van der Waals surface area contributed by atoms with E-state index in [9.17, 15) is 4.79 Å². The Morgan fingerprint density at radius 1 is 1.37 bits per heavy atom. The van der Waals surface area contributed by atoms with Crippen LogP contribution in [-0.2, 0) is 32.7 Å². The van der Waals surface area contributed by atoms with Crippen LogP contribution in [0.3, 0.4) is 0 Å². The zero-order valence-electron chi connectivity index (χ0n) is 10.9. The molecule has 3 nitrogen and oxygen atoms in total. The monoisotopic (exact) mass is 330 g/mol. The number of aromatic amines is 1. The van der Waals surface area contributed by atoms with Crippen LogP contribution in [0.25, 0.3) is 10.9 Å². The maximum atomic E-state index is 12.1. The Balaban J connectivity index is 0.00000133. The van der Waals surface area contributed by atoms with E-state index in [-0.39, 0.29) is 38.6 Å². The van der Waals surface area contributed by atoms with Gasteiger partial charge in [-0.2, -0.15) is 12.8 Å². The third kappa shape index (κ3) is 3.46.